The third-order valence-corrected chi connectivity index (χ3v) is 2.33. The third kappa shape index (κ3) is 1.76. The van der Waals surface area contributed by atoms with Crippen molar-refractivity contribution in [1.82, 2.24) is 4.90 Å². The normalized spacial score (nSPS) is 19.2. The molecular weight excluding hydrogens is 156 g/mol. The molecule has 1 saturated heterocycles. The Kier molecular flexibility index (Phi) is 2.66. The van der Waals surface area contributed by atoms with Gasteiger partial charge in [-0.2, -0.15) is 0 Å². The molecule has 1 aliphatic rings. The lowest BCUT2D eigenvalue weighted by atomic mass is 10.6. The lowest BCUT2D eigenvalue weighted by Gasteiger charge is -2.13. The first-order valence-electron chi connectivity index (χ1n) is 2.87. The fourth-order valence-corrected chi connectivity index (χ4v) is 1.83. The highest BCUT2D eigenvalue weighted by atomic mass is 35.5. The van der Waals surface area contributed by atoms with Gasteiger partial charge in [-0.15, -0.1) is 11.6 Å². The van der Waals surface area contributed by atoms with Gasteiger partial charge in [-0.1, -0.05) is 11.8 Å². The summed E-state index contributed by atoms with van der Waals surface area (Å²) in [5.41, 5.74) is 0. The molecule has 1 fully saturated rings. The molecule has 1 rings (SSSR count). The molecule has 0 amide bonds. The van der Waals surface area contributed by atoms with Crippen LogP contribution in [0.5, 0.6) is 0 Å². The van der Waals surface area contributed by atoms with Crippen LogP contribution >= 0.6 is 23.4 Å². The molecule has 52 valence electrons. The molecule has 4 heteroatoms. The van der Waals surface area contributed by atoms with Crippen molar-refractivity contribution in [2.24, 2.45) is 0 Å². The summed E-state index contributed by atoms with van der Waals surface area (Å²) in [6.07, 6.45) is 0. The number of alkyl halides is 1. The van der Waals surface area contributed by atoms with Gasteiger partial charge in [0.25, 0.3) is 0 Å². The number of nitrogens with one attached hydrogen (secondary N) is 1. The Morgan fingerprint density at radius 3 is 3.00 bits per heavy atom. The molecule has 9 heavy (non-hydrogen) atoms. The maximum Gasteiger partial charge on any atom is 0.156 e. The van der Waals surface area contributed by atoms with E-state index in [-0.39, 0.29) is 0 Å². The Morgan fingerprint density at radius 1 is 1.78 bits per heavy atom. The highest BCUT2D eigenvalue weighted by molar-refractivity contribution is 8.14. The zero-order chi connectivity index (χ0) is 6.69. The summed E-state index contributed by atoms with van der Waals surface area (Å²) >= 11 is 7.10. The Morgan fingerprint density at radius 2 is 2.56 bits per heavy atom. The van der Waals surface area contributed by atoms with Crippen molar-refractivity contribution in [2.45, 2.75) is 0 Å². The predicted octanol–water partition coefficient (Wildman–Crippen LogP) is 1.21. The van der Waals surface area contributed by atoms with Gasteiger partial charge in [0.15, 0.2) is 5.17 Å². The Labute approximate surface area is 64.1 Å². The lowest BCUT2D eigenvalue weighted by Crippen LogP contribution is -2.25. The molecule has 0 bridgehead atoms. The van der Waals surface area contributed by atoms with Crippen LogP contribution in [0.3, 0.4) is 0 Å². The molecule has 0 radical (unpaired) electrons. The van der Waals surface area contributed by atoms with E-state index in [0.29, 0.717) is 11.0 Å². The number of rotatable bonds is 2. The summed E-state index contributed by atoms with van der Waals surface area (Å²) in [5, 5.41) is 8.02. The lowest BCUT2D eigenvalue weighted by molar-refractivity contribution is 0.489. The van der Waals surface area contributed by atoms with Crippen molar-refractivity contribution in [3.8, 4) is 0 Å². The molecule has 1 N–H and O–H groups in total. The van der Waals surface area contributed by atoms with E-state index in [0.717, 1.165) is 18.8 Å². The monoisotopic (exact) mass is 164 g/mol. The zero-order valence-electron chi connectivity index (χ0n) is 5.06. The largest absolute Gasteiger partial charge is 0.350 e. The number of halogens is 1. The van der Waals surface area contributed by atoms with Crippen LogP contribution in [-0.4, -0.2) is 34.8 Å². The van der Waals surface area contributed by atoms with Crippen molar-refractivity contribution in [2.75, 3.05) is 24.7 Å². The van der Waals surface area contributed by atoms with Crippen molar-refractivity contribution in [3.63, 3.8) is 0 Å². The average molecular weight is 165 g/mol. The van der Waals surface area contributed by atoms with Crippen LogP contribution in [0.1, 0.15) is 0 Å². The van der Waals surface area contributed by atoms with Gasteiger partial charge in [-0.05, 0) is 0 Å². The second-order valence-electron chi connectivity index (χ2n) is 1.83. The molecular formula is C5H9ClN2S. The topological polar surface area (TPSA) is 27.1 Å². The van der Waals surface area contributed by atoms with E-state index in [9.17, 15) is 0 Å². The van der Waals surface area contributed by atoms with Crippen molar-refractivity contribution in [1.29, 1.82) is 5.41 Å². The number of hydrogen-bond acceptors (Lipinski definition) is 2. The van der Waals surface area contributed by atoms with Gasteiger partial charge in [0, 0.05) is 24.7 Å². The summed E-state index contributed by atoms with van der Waals surface area (Å²) in [4.78, 5) is 2.00. The number of hydrogen-bond donors (Lipinski definition) is 1. The molecule has 0 spiro atoms. The van der Waals surface area contributed by atoms with Crippen LogP contribution < -0.4 is 0 Å². The van der Waals surface area contributed by atoms with Gasteiger partial charge in [0.1, 0.15) is 0 Å². The van der Waals surface area contributed by atoms with Crippen LogP contribution in [0.25, 0.3) is 0 Å². The van der Waals surface area contributed by atoms with Crippen LogP contribution in [0.2, 0.25) is 0 Å². The zero-order valence-corrected chi connectivity index (χ0v) is 6.63. The minimum atomic E-state index is 0.628. The fourth-order valence-electron chi connectivity index (χ4n) is 0.761. The molecule has 1 heterocycles. The molecule has 0 aromatic carbocycles. The SMILES string of the molecule is N=C1SCCN1CCCl. The fraction of sp³-hybridized carbons (Fsp3) is 0.800. The summed E-state index contributed by atoms with van der Waals surface area (Å²) in [6.45, 7) is 1.82. The minimum Gasteiger partial charge on any atom is -0.350 e. The molecule has 0 unspecified atom stereocenters. The van der Waals surface area contributed by atoms with Gasteiger partial charge in [0.2, 0.25) is 0 Å². The highest BCUT2D eigenvalue weighted by Gasteiger charge is 2.15. The maximum atomic E-state index is 7.34. The Balaban J connectivity index is 2.31. The van der Waals surface area contributed by atoms with Crippen LogP contribution in [0, 0.1) is 5.41 Å². The van der Waals surface area contributed by atoms with E-state index in [1.54, 1.807) is 11.8 Å². The van der Waals surface area contributed by atoms with Crippen molar-refractivity contribution >= 4 is 28.5 Å². The third-order valence-electron chi connectivity index (χ3n) is 1.24. The molecule has 2 nitrogen and oxygen atoms in total. The van der Waals surface area contributed by atoms with E-state index in [4.69, 9.17) is 17.0 Å². The first-order valence-corrected chi connectivity index (χ1v) is 4.39. The molecule has 0 aromatic heterocycles. The van der Waals surface area contributed by atoms with Gasteiger partial charge >= 0.3 is 0 Å². The van der Waals surface area contributed by atoms with Gasteiger partial charge in [-0.25, -0.2) is 0 Å². The summed E-state index contributed by atoms with van der Waals surface area (Å²) in [5.74, 6) is 1.68. The van der Waals surface area contributed by atoms with Crippen molar-refractivity contribution in [3.05, 3.63) is 0 Å². The second kappa shape index (κ2) is 3.32. The summed E-state index contributed by atoms with van der Waals surface area (Å²) in [7, 11) is 0. The predicted molar refractivity (Wildman–Crippen MR) is 42.5 cm³/mol. The van der Waals surface area contributed by atoms with E-state index >= 15 is 0 Å². The van der Waals surface area contributed by atoms with Gasteiger partial charge in [-0.3, -0.25) is 5.41 Å². The average Bonchev–Trinajstić information content (AvgIpc) is 2.18. The Hall–Kier alpha value is 0.110. The smallest absolute Gasteiger partial charge is 0.156 e. The van der Waals surface area contributed by atoms with Crippen molar-refractivity contribution < 1.29 is 0 Å². The number of nitrogens with zero attached hydrogens (tertiary/aromatic N) is 1. The minimum absolute atomic E-state index is 0.628. The Bertz CT molecular complexity index is 118. The van der Waals surface area contributed by atoms with E-state index in [1.165, 1.54) is 0 Å². The standard InChI is InChI=1S/C5H9ClN2S/c6-1-2-8-3-4-9-5(8)7/h7H,1-4H2. The van der Waals surface area contributed by atoms with Crippen LogP contribution in [-0.2, 0) is 0 Å². The number of amidine groups is 1. The second-order valence-corrected chi connectivity index (χ2v) is 3.29. The van der Waals surface area contributed by atoms with Gasteiger partial charge in [0.05, 0.1) is 0 Å². The first kappa shape index (κ1) is 7.22. The quantitative estimate of drug-likeness (QED) is 0.622. The van der Waals surface area contributed by atoms with E-state index < -0.39 is 0 Å². The molecule has 1 aliphatic heterocycles. The molecule has 0 atom stereocenters. The number of thioether (sulfide) groups is 1. The maximum absolute atomic E-state index is 7.34. The summed E-state index contributed by atoms with van der Waals surface area (Å²) in [6, 6.07) is 0. The van der Waals surface area contributed by atoms with E-state index in [1.807, 2.05) is 4.90 Å². The summed E-state index contributed by atoms with van der Waals surface area (Å²) < 4.78 is 0. The van der Waals surface area contributed by atoms with E-state index in [2.05, 4.69) is 0 Å². The van der Waals surface area contributed by atoms with Crippen LogP contribution in [0.4, 0.5) is 0 Å². The molecule has 0 saturated carbocycles. The molecule has 0 aliphatic carbocycles. The first-order chi connectivity index (χ1) is 4.34. The van der Waals surface area contributed by atoms with Gasteiger partial charge < -0.3 is 4.90 Å². The van der Waals surface area contributed by atoms with Crippen LogP contribution in [0.15, 0.2) is 0 Å². The molecule has 0 aromatic rings. The highest BCUT2D eigenvalue weighted by Crippen LogP contribution is 2.15.